The lowest BCUT2D eigenvalue weighted by atomic mass is 10.0. The van der Waals surface area contributed by atoms with Crippen molar-refractivity contribution in [3.63, 3.8) is 0 Å². The highest BCUT2D eigenvalue weighted by Crippen LogP contribution is 2.14. The molecule has 1 rings (SSSR count). The lowest BCUT2D eigenvalue weighted by Gasteiger charge is -2.19. The van der Waals surface area contributed by atoms with Gasteiger partial charge in [0.2, 0.25) is 5.03 Å². The third kappa shape index (κ3) is 3.71. The van der Waals surface area contributed by atoms with E-state index in [4.69, 9.17) is 5.11 Å². The summed E-state index contributed by atoms with van der Waals surface area (Å²) < 4.78 is 39.2. The first-order chi connectivity index (χ1) is 8.79. The highest BCUT2D eigenvalue weighted by molar-refractivity contribution is 7.89. The number of aliphatic carboxylic acids is 1. The van der Waals surface area contributed by atoms with Gasteiger partial charge in [0.15, 0.2) is 5.82 Å². The molecule has 2 unspecified atom stereocenters. The minimum absolute atomic E-state index is 0.431. The Labute approximate surface area is 110 Å². The summed E-state index contributed by atoms with van der Waals surface area (Å²) in [4.78, 5) is 14.5. The summed E-state index contributed by atoms with van der Waals surface area (Å²) in [7, 11) is -4.31. The predicted molar refractivity (Wildman–Crippen MR) is 65.4 cm³/mol. The van der Waals surface area contributed by atoms with Crippen LogP contribution in [0.25, 0.3) is 0 Å². The molecule has 0 radical (unpaired) electrons. The number of rotatable bonds is 6. The third-order valence-electron chi connectivity index (χ3n) is 2.74. The fourth-order valence-corrected chi connectivity index (χ4v) is 2.74. The van der Waals surface area contributed by atoms with E-state index in [1.807, 2.05) is 4.72 Å². The van der Waals surface area contributed by atoms with Gasteiger partial charge < -0.3 is 5.11 Å². The first kappa shape index (κ1) is 15.5. The molecular formula is C11H15FN2O4S. The zero-order valence-electron chi connectivity index (χ0n) is 10.5. The molecule has 2 atom stereocenters. The number of sulfonamides is 1. The van der Waals surface area contributed by atoms with Crippen LogP contribution in [-0.2, 0) is 14.8 Å². The molecular weight excluding hydrogens is 275 g/mol. The maximum Gasteiger partial charge on any atom is 0.322 e. The quantitative estimate of drug-likeness (QED) is 0.814. The van der Waals surface area contributed by atoms with Gasteiger partial charge in [-0.1, -0.05) is 20.3 Å². The van der Waals surface area contributed by atoms with Gasteiger partial charge in [-0.15, -0.1) is 0 Å². The molecule has 8 heteroatoms. The third-order valence-corrected chi connectivity index (χ3v) is 4.11. The number of carboxylic acid groups (broad SMARTS) is 1. The number of nitrogens with one attached hydrogen (secondary N) is 1. The van der Waals surface area contributed by atoms with E-state index < -0.39 is 38.8 Å². The maximum absolute atomic E-state index is 13.4. The fourth-order valence-electron chi connectivity index (χ4n) is 1.44. The normalized spacial score (nSPS) is 14.9. The number of carboxylic acids is 1. The Kier molecular flexibility index (Phi) is 4.96. The number of nitrogens with zero attached hydrogens (tertiary/aromatic N) is 1. The molecule has 0 saturated heterocycles. The molecule has 19 heavy (non-hydrogen) atoms. The Morgan fingerprint density at radius 1 is 1.58 bits per heavy atom. The average molecular weight is 290 g/mol. The number of aromatic nitrogens is 1. The van der Waals surface area contributed by atoms with Crippen molar-refractivity contribution < 1.29 is 22.7 Å². The van der Waals surface area contributed by atoms with E-state index in [0.717, 1.165) is 12.3 Å². The molecule has 1 aromatic heterocycles. The standard InChI is InChI=1S/C11H15FN2O4S/c1-3-7(2)9(11(15)16)14-19(17,18)10-8(12)5-4-6-13-10/h4-7,9,14H,3H2,1-2H3,(H,15,16). The van der Waals surface area contributed by atoms with Gasteiger partial charge in [-0.3, -0.25) is 4.79 Å². The first-order valence-corrected chi connectivity index (χ1v) is 7.13. The second-order valence-electron chi connectivity index (χ2n) is 4.11. The maximum atomic E-state index is 13.4. The summed E-state index contributed by atoms with van der Waals surface area (Å²) in [6.45, 7) is 3.33. The SMILES string of the molecule is CCC(C)C(NS(=O)(=O)c1ncccc1F)C(=O)O. The van der Waals surface area contributed by atoms with Crippen molar-refractivity contribution in [2.24, 2.45) is 5.92 Å². The van der Waals surface area contributed by atoms with E-state index >= 15 is 0 Å². The van der Waals surface area contributed by atoms with Crippen molar-refractivity contribution in [1.82, 2.24) is 9.71 Å². The Morgan fingerprint density at radius 2 is 2.21 bits per heavy atom. The van der Waals surface area contributed by atoms with Gasteiger partial charge in [0.1, 0.15) is 6.04 Å². The topological polar surface area (TPSA) is 96.4 Å². The van der Waals surface area contributed by atoms with Crippen molar-refractivity contribution in [2.75, 3.05) is 0 Å². The van der Waals surface area contributed by atoms with Crippen LogP contribution >= 0.6 is 0 Å². The predicted octanol–water partition coefficient (Wildman–Crippen LogP) is 0.998. The highest BCUT2D eigenvalue weighted by atomic mass is 32.2. The molecule has 0 saturated carbocycles. The van der Waals surface area contributed by atoms with E-state index in [1.54, 1.807) is 13.8 Å². The van der Waals surface area contributed by atoms with Crippen LogP contribution in [0.2, 0.25) is 0 Å². The van der Waals surface area contributed by atoms with Crippen molar-refractivity contribution in [3.8, 4) is 0 Å². The number of halogens is 1. The molecule has 0 aliphatic carbocycles. The summed E-state index contributed by atoms with van der Waals surface area (Å²) in [6.07, 6.45) is 1.58. The van der Waals surface area contributed by atoms with Gasteiger partial charge >= 0.3 is 5.97 Å². The summed E-state index contributed by atoms with van der Waals surface area (Å²) in [5.41, 5.74) is 0. The van der Waals surface area contributed by atoms with Crippen LogP contribution in [0, 0.1) is 11.7 Å². The molecule has 0 bridgehead atoms. The Balaban J connectivity index is 3.08. The number of carbonyl (C=O) groups is 1. The molecule has 0 fully saturated rings. The lowest BCUT2D eigenvalue weighted by Crippen LogP contribution is -2.45. The molecule has 0 aliphatic rings. The van der Waals surface area contributed by atoms with E-state index in [-0.39, 0.29) is 0 Å². The summed E-state index contributed by atoms with van der Waals surface area (Å²) >= 11 is 0. The van der Waals surface area contributed by atoms with Crippen LogP contribution in [0.5, 0.6) is 0 Å². The average Bonchev–Trinajstić information content (AvgIpc) is 2.35. The summed E-state index contributed by atoms with van der Waals surface area (Å²) in [5.74, 6) is -2.77. The summed E-state index contributed by atoms with van der Waals surface area (Å²) in [5, 5.41) is 8.21. The van der Waals surface area contributed by atoms with Crippen LogP contribution in [0.1, 0.15) is 20.3 Å². The molecule has 0 spiro atoms. The minimum Gasteiger partial charge on any atom is -0.480 e. The second-order valence-corrected chi connectivity index (χ2v) is 5.74. The van der Waals surface area contributed by atoms with E-state index in [0.29, 0.717) is 6.42 Å². The molecule has 1 aromatic rings. The van der Waals surface area contributed by atoms with Gasteiger partial charge in [0.05, 0.1) is 0 Å². The van der Waals surface area contributed by atoms with Crippen LogP contribution in [-0.4, -0.2) is 30.5 Å². The van der Waals surface area contributed by atoms with Crippen molar-refractivity contribution in [3.05, 3.63) is 24.1 Å². The summed E-state index contributed by atoms with van der Waals surface area (Å²) in [6, 6.07) is 0.870. The van der Waals surface area contributed by atoms with Crippen LogP contribution in [0.3, 0.4) is 0 Å². The highest BCUT2D eigenvalue weighted by Gasteiger charge is 2.31. The lowest BCUT2D eigenvalue weighted by molar-refractivity contribution is -0.140. The number of hydrogen-bond donors (Lipinski definition) is 2. The zero-order chi connectivity index (χ0) is 14.6. The number of hydrogen-bond acceptors (Lipinski definition) is 4. The largest absolute Gasteiger partial charge is 0.480 e. The van der Waals surface area contributed by atoms with Gasteiger partial charge in [0, 0.05) is 6.20 Å². The molecule has 1 heterocycles. The van der Waals surface area contributed by atoms with Gasteiger partial charge in [-0.2, -0.15) is 4.72 Å². The zero-order valence-corrected chi connectivity index (χ0v) is 11.3. The van der Waals surface area contributed by atoms with Gasteiger partial charge in [-0.25, -0.2) is 17.8 Å². The van der Waals surface area contributed by atoms with Crippen LogP contribution < -0.4 is 4.72 Å². The van der Waals surface area contributed by atoms with Crippen LogP contribution in [0.4, 0.5) is 4.39 Å². The molecule has 2 N–H and O–H groups in total. The fraction of sp³-hybridized carbons (Fsp3) is 0.455. The van der Waals surface area contributed by atoms with Crippen molar-refractivity contribution in [2.45, 2.75) is 31.3 Å². The molecule has 0 aromatic carbocycles. The van der Waals surface area contributed by atoms with E-state index in [9.17, 15) is 17.6 Å². The Bertz CT molecular complexity index is 562. The molecule has 0 aliphatic heterocycles. The van der Waals surface area contributed by atoms with E-state index in [1.165, 1.54) is 6.07 Å². The second kappa shape index (κ2) is 6.07. The van der Waals surface area contributed by atoms with Crippen LogP contribution in [0.15, 0.2) is 23.4 Å². The Hall–Kier alpha value is -1.54. The van der Waals surface area contributed by atoms with Gasteiger partial charge in [0.25, 0.3) is 10.0 Å². The first-order valence-electron chi connectivity index (χ1n) is 5.65. The Morgan fingerprint density at radius 3 is 2.68 bits per heavy atom. The van der Waals surface area contributed by atoms with E-state index in [2.05, 4.69) is 4.98 Å². The van der Waals surface area contributed by atoms with Crippen molar-refractivity contribution in [1.29, 1.82) is 0 Å². The van der Waals surface area contributed by atoms with Gasteiger partial charge in [-0.05, 0) is 18.1 Å². The van der Waals surface area contributed by atoms with Crippen molar-refractivity contribution >= 4 is 16.0 Å². The molecule has 0 amide bonds. The monoisotopic (exact) mass is 290 g/mol. The molecule has 6 nitrogen and oxygen atoms in total. The minimum atomic E-state index is -4.31. The smallest absolute Gasteiger partial charge is 0.322 e. The number of pyridine rings is 1. The molecule has 106 valence electrons.